The zero-order valence-electron chi connectivity index (χ0n) is 11.4. The van der Waals surface area contributed by atoms with E-state index >= 15 is 0 Å². The van der Waals surface area contributed by atoms with Gasteiger partial charge in [0.1, 0.15) is 16.4 Å². The molecule has 0 aliphatic heterocycles. The molecule has 0 spiro atoms. The summed E-state index contributed by atoms with van der Waals surface area (Å²) in [5.74, 6) is 1.37. The SMILES string of the molecule is COc1ccc(C)c2c(Cl)nc(-c3sccc3C)nc12. The van der Waals surface area contributed by atoms with Gasteiger partial charge in [0.2, 0.25) is 0 Å². The second kappa shape index (κ2) is 5.04. The lowest BCUT2D eigenvalue weighted by molar-refractivity contribution is 0.419. The van der Waals surface area contributed by atoms with Gasteiger partial charge < -0.3 is 4.74 Å². The minimum atomic E-state index is 0.467. The third kappa shape index (κ3) is 2.05. The number of hydrogen-bond donors (Lipinski definition) is 0. The third-order valence-corrected chi connectivity index (χ3v) is 4.55. The van der Waals surface area contributed by atoms with Crippen LogP contribution in [0.25, 0.3) is 21.6 Å². The number of hydrogen-bond acceptors (Lipinski definition) is 4. The summed E-state index contributed by atoms with van der Waals surface area (Å²) in [7, 11) is 1.64. The van der Waals surface area contributed by atoms with Crippen LogP contribution in [0.2, 0.25) is 5.15 Å². The summed E-state index contributed by atoms with van der Waals surface area (Å²) >= 11 is 7.98. The van der Waals surface area contributed by atoms with Crippen LogP contribution in [0.3, 0.4) is 0 Å². The van der Waals surface area contributed by atoms with Crippen molar-refractivity contribution in [2.75, 3.05) is 7.11 Å². The molecule has 3 nitrogen and oxygen atoms in total. The Morgan fingerprint density at radius 1 is 1.10 bits per heavy atom. The predicted octanol–water partition coefficient (Wildman–Crippen LogP) is 4.64. The number of methoxy groups -OCH3 is 1. The van der Waals surface area contributed by atoms with E-state index in [0.717, 1.165) is 26.9 Å². The van der Waals surface area contributed by atoms with Crippen molar-refractivity contribution in [3.63, 3.8) is 0 Å². The zero-order valence-corrected chi connectivity index (χ0v) is 13.0. The fourth-order valence-corrected chi connectivity index (χ4v) is 3.37. The van der Waals surface area contributed by atoms with Crippen molar-refractivity contribution in [3.05, 3.63) is 39.9 Å². The number of nitrogens with zero attached hydrogens (tertiary/aromatic N) is 2. The first-order valence-corrected chi connectivity index (χ1v) is 7.43. The van der Waals surface area contributed by atoms with E-state index in [1.807, 2.05) is 31.4 Å². The number of rotatable bonds is 2. The molecule has 0 atom stereocenters. The van der Waals surface area contributed by atoms with Crippen molar-refractivity contribution in [2.45, 2.75) is 13.8 Å². The maximum absolute atomic E-state index is 6.36. The van der Waals surface area contributed by atoms with Crippen molar-refractivity contribution < 1.29 is 4.74 Å². The second-order valence-corrected chi connectivity index (χ2v) is 5.85. The zero-order chi connectivity index (χ0) is 14.3. The van der Waals surface area contributed by atoms with E-state index < -0.39 is 0 Å². The molecule has 0 bridgehead atoms. The molecule has 0 unspecified atom stereocenters. The van der Waals surface area contributed by atoms with Crippen molar-refractivity contribution >= 4 is 33.8 Å². The molecule has 3 aromatic rings. The van der Waals surface area contributed by atoms with E-state index in [-0.39, 0.29) is 0 Å². The number of thiophene rings is 1. The molecule has 2 heterocycles. The van der Waals surface area contributed by atoms with Gasteiger partial charge in [-0.2, -0.15) is 0 Å². The van der Waals surface area contributed by atoms with Gasteiger partial charge in [0.25, 0.3) is 0 Å². The lowest BCUT2D eigenvalue weighted by Crippen LogP contribution is -1.96. The highest BCUT2D eigenvalue weighted by atomic mass is 35.5. The molecule has 102 valence electrons. The summed E-state index contributed by atoms with van der Waals surface area (Å²) in [4.78, 5) is 10.2. The van der Waals surface area contributed by atoms with E-state index in [1.54, 1.807) is 18.4 Å². The van der Waals surface area contributed by atoms with E-state index in [4.69, 9.17) is 16.3 Å². The Labute approximate surface area is 126 Å². The third-order valence-electron chi connectivity index (χ3n) is 3.26. The Kier molecular flexibility index (Phi) is 3.36. The van der Waals surface area contributed by atoms with Crippen LogP contribution >= 0.6 is 22.9 Å². The summed E-state index contributed by atoms with van der Waals surface area (Å²) in [6.45, 7) is 4.04. The summed E-state index contributed by atoms with van der Waals surface area (Å²) < 4.78 is 5.39. The fraction of sp³-hybridized carbons (Fsp3) is 0.200. The van der Waals surface area contributed by atoms with Crippen LogP contribution in [-0.4, -0.2) is 17.1 Å². The van der Waals surface area contributed by atoms with Crippen molar-refractivity contribution in [3.8, 4) is 16.5 Å². The maximum atomic E-state index is 6.36. The van der Waals surface area contributed by atoms with Gasteiger partial charge in [0.15, 0.2) is 5.82 Å². The van der Waals surface area contributed by atoms with Gasteiger partial charge in [-0.3, -0.25) is 0 Å². The molecule has 0 aliphatic rings. The summed E-state index contributed by atoms with van der Waals surface area (Å²) in [6, 6.07) is 5.92. The van der Waals surface area contributed by atoms with Crippen molar-refractivity contribution in [1.82, 2.24) is 9.97 Å². The molecular formula is C15H13ClN2OS. The Balaban J connectivity index is 2.36. The highest BCUT2D eigenvalue weighted by Crippen LogP contribution is 2.34. The van der Waals surface area contributed by atoms with Crippen LogP contribution < -0.4 is 4.74 Å². The molecule has 3 rings (SSSR count). The van der Waals surface area contributed by atoms with Crippen molar-refractivity contribution in [1.29, 1.82) is 0 Å². The lowest BCUT2D eigenvalue weighted by Gasteiger charge is -2.10. The van der Waals surface area contributed by atoms with Crippen molar-refractivity contribution in [2.24, 2.45) is 0 Å². The van der Waals surface area contributed by atoms with Crippen LogP contribution in [0.15, 0.2) is 23.6 Å². The molecule has 5 heteroatoms. The van der Waals surface area contributed by atoms with Gasteiger partial charge >= 0.3 is 0 Å². The molecule has 0 radical (unpaired) electrons. The first kappa shape index (κ1) is 13.3. The number of fused-ring (bicyclic) bond motifs is 1. The molecule has 0 N–H and O–H groups in total. The Morgan fingerprint density at radius 3 is 2.55 bits per heavy atom. The quantitative estimate of drug-likeness (QED) is 0.647. The summed E-state index contributed by atoms with van der Waals surface area (Å²) in [6.07, 6.45) is 0. The smallest absolute Gasteiger partial charge is 0.171 e. The number of aromatic nitrogens is 2. The molecular weight excluding hydrogens is 292 g/mol. The van der Waals surface area contributed by atoms with E-state index in [2.05, 4.69) is 16.0 Å². The molecule has 20 heavy (non-hydrogen) atoms. The molecule has 0 saturated heterocycles. The monoisotopic (exact) mass is 304 g/mol. The Morgan fingerprint density at radius 2 is 1.90 bits per heavy atom. The van der Waals surface area contributed by atoms with Crippen LogP contribution in [-0.2, 0) is 0 Å². The second-order valence-electron chi connectivity index (χ2n) is 4.58. The topological polar surface area (TPSA) is 35.0 Å². The molecule has 0 saturated carbocycles. The van der Waals surface area contributed by atoms with E-state index in [0.29, 0.717) is 16.7 Å². The molecule has 2 aromatic heterocycles. The van der Waals surface area contributed by atoms with Gasteiger partial charge in [0.05, 0.1) is 12.0 Å². The highest BCUT2D eigenvalue weighted by molar-refractivity contribution is 7.13. The number of benzene rings is 1. The van der Waals surface area contributed by atoms with Gasteiger partial charge in [0, 0.05) is 5.39 Å². The molecule has 0 fully saturated rings. The standard InChI is InChI=1S/C15H13ClN2OS/c1-8-4-5-10(19-3)12-11(8)14(16)18-15(17-12)13-9(2)6-7-20-13/h4-7H,1-3H3. The normalized spacial score (nSPS) is 11.0. The van der Waals surface area contributed by atoms with Crippen LogP contribution in [0.4, 0.5) is 0 Å². The highest BCUT2D eigenvalue weighted by Gasteiger charge is 2.15. The number of aryl methyl sites for hydroxylation is 2. The molecule has 0 aliphatic carbocycles. The molecule has 1 aromatic carbocycles. The summed E-state index contributed by atoms with van der Waals surface area (Å²) in [5.41, 5.74) is 2.95. The van der Waals surface area contributed by atoms with Gasteiger partial charge in [-0.05, 0) is 42.5 Å². The van der Waals surface area contributed by atoms with Crippen LogP contribution in [0.1, 0.15) is 11.1 Å². The van der Waals surface area contributed by atoms with Gasteiger partial charge in [-0.25, -0.2) is 9.97 Å². The Hall–Kier alpha value is -1.65. The number of halogens is 1. The van der Waals surface area contributed by atoms with Gasteiger partial charge in [-0.15, -0.1) is 11.3 Å². The lowest BCUT2D eigenvalue weighted by atomic mass is 10.1. The molecule has 0 amide bonds. The van der Waals surface area contributed by atoms with Crippen LogP contribution in [0, 0.1) is 13.8 Å². The van der Waals surface area contributed by atoms with E-state index in [9.17, 15) is 0 Å². The number of ether oxygens (including phenoxy) is 1. The van der Waals surface area contributed by atoms with E-state index in [1.165, 1.54) is 0 Å². The fourth-order valence-electron chi connectivity index (χ4n) is 2.19. The first-order valence-electron chi connectivity index (χ1n) is 6.17. The minimum absolute atomic E-state index is 0.467. The summed E-state index contributed by atoms with van der Waals surface area (Å²) in [5, 5.41) is 3.35. The average molecular weight is 305 g/mol. The minimum Gasteiger partial charge on any atom is -0.494 e. The predicted molar refractivity (Wildman–Crippen MR) is 83.9 cm³/mol. The Bertz CT molecular complexity index is 798. The van der Waals surface area contributed by atoms with Gasteiger partial charge in [-0.1, -0.05) is 17.7 Å². The maximum Gasteiger partial charge on any atom is 0.171 e. The largest absolute Gasteiger partial charge is 0.494 e. The average Bonchev–Trinajstić information content (AvgIpc) is 2.85. The van der Waals surface area contributed by atoms with Crippen LogP contribution in [0.5, 0.6) is 5.75 Å². The first-order chi connectivity index (χ1) is 9.61.